The maximum atomic E-state index is 15.0. The van der Waals surface area contributed by atoms with Gasteiger partial charge in [-0.1, -0.05) is 0 Å². The van der Waals surface area contributed by atoms with Gasteiger partial charge in [-0.3, -0.25) is 19.4 Å². The van der Waals surface area contributed by atoms with Crippen molar-refractivity contribution in [3.8, 4) is 5.75 Å². The van der Waals surface area contributed by atoms with E-state index in [4.69, 9.17) is 4.74 Å². The summed E-state index contributed by atoms with van der Waals surface area (Å²) in [6.45, 7) is 9.31. The number of ether oxygens (including phenoxy) is 1. The van der Waals surface area contributed by atoms with Crippen LogP contribution in [0.4, 0.5) is 29.3 Å². The molecule has 2 aliphatic rings. The molecule has 1 fully saturated rings. The fraction of sp³-hybridized carbons (Fsp3) is 0.464. The number of amides is 3. The van der Waals surface area contributed by atoms with E-state index in [0.717, 1.165) is 12.1 Å². The normalized spacial score (nSPS) is 21.0. The molecule has 0 aromatic heterocycles. The molecular weight excluding hydrogens is 529 g/mol. The van der Waals surface area contributed by atoms with Crippen LogP contribution in [0.2, 0.25) is 0 Å². The van der Waals surface area contributed by atoms with Crippen LogP contribution in [0.5, 0.6) is 5.75 Å². The molecule has 0 bridgehead atoms. The maximum Gasteiger partial charge on any atom is 0.414 e. The van der Waals surface area contributed by atoms with E-state index in [2.05, 4.69) is 10.6 Å². The third kappa shape index (κ3) is 5.45. The molecule has 2 aromatic rings. The van der Waals surface area contributed by atoms with Gasteiger partial charge in [0, 0.05) is 30.3 Å². The molecule has 2 aliphatic heterocycles. The van der Waals surface area contributed by atoms with Crippen molar-refractivity contribution in [3.05, 3.63) is 52.8 Å². The first kappa shape index (κ1) is 29.2. The van der Waals surface area contributed by atoms with Gasteiger partial charge >= 0.3 is 6.09 Å². The van der Waals surface area contributed by atoms with E-state index in [0.29, 0.717) is 30.6 Å². The molecular formula is C28H33F3N4O5. The highest BCUT2D eigenvalue weighted by molar-refractivity contribution is 6.10. The highest BCUT2D eigenvalue weighted by Gasteiger charge is 2.50. The lowest BCUT2D eigenvalue weighted by Gasteiger charge is -2.42. The summed E-state index contributed by atoms with van der Waals surface area (Å²) in [5.74, 6) is -5.49. The fourth-order valence-corrected chi connectivity index (χ4v) is 5.17. The summed E-state index contributed by atoms with van der Waals surface area (Å²) in [6, 6.07) is 3.42. The number of benzene rings is 2. The van der Waals surface area contributed by atoms with Crippen LogP contribution in [0.25, 0.3) is 0 Å². The molecule has 2 heterocycles. The molecule has 1 unspecified atom stereocenters. The minimum Gasteiger partial charge on any atom is -0.503 e. The van der Waals surface area contributed by atoms with Crippen LogP contribution in [-0.2, 0) is 15.1 Å². The van der Waals surface area contributed by atoms with Gasteiger partial charge in [-0.05, 0) is 78.3 Å². The number of phenolic OH excluding ortho intramolecular Hbond substituents is 1. The van der Waals surface area contributed by atoms with Crippen molar-refractivity contribution in [2.75, 3.05) is 29.9 Å². The quantitative estimate of drug-likeness (QED) is 0.490. The number of nitrogens with one attached hydrogen (secondary N) is 2. The summed E-state index contributed by atoms with van der Waals surface area (Å²) >= 11 is 0. The SMILES string of the molecule is CCN(C(=O)OC(C)(C)C)c1cc(F)cc2c1NC(=O)C2(C)N1CCC[C@@H](NC(=O)c2cc(F)c(O)c(F)c2)C1. The molecule has 2 atom stereocenters. The lowest BCUT2D eigenvalue weighted by atomic mass is 9.88. The number of anilines is 2. The van der Waals surface area contributed by atoms with Gasteiger partial charge in [-0.2, -0.15) is 0 Å². The van der Waals surface area contributed by atoms with E-state index in [9.17, 15) is 28.3 Å². The Bertz CT molecular complexity index is 1340. The van der Waals surface area contributed by atoms with Gasteiger partial charge in [0.15, 0.2) is 17.4 Å². The highest BCUT2D eigenvalue weighted by atomic mass is 19.1. The molecule has 0 aliphatic carbocycles. The minimum absolute atomic E-state index is 0.160. The van der Waals surface area contributed by atoms with Gasteiger partial charge < -0.3 is 20.5 Å². The van der Waals surface area contributed by atoms with Crippen LogP contribution < -0.4 is 15.5 Å². The number of halogens is 3. The number of carbonyl (C=O) groups excluding carboxylic acids is 3. The Hall–Kier alpha value is -3.80. The highest BCUT2D eigenvalue weighted by Crippen LogP contribution is 2.46. The van der Waals surface area contributed by atoms with Crippen molar-refractivity contribution in [2.24, 2.45) is 0 Å². The Balaban J connectivity index is 1.62. The van der Waals surface area contributed by atoms with Crippen LogP contribution in [-0.4, -0.2) is 59.2 Å². The lowest BCUT2D eigenvalue weighted by molar-refractivity contribution is -0.127. The van der Waals surface area contributed by atoms with E-state index in [1.165, 1.54) is 17.0 Å². The molecule has 0 radical (unpaired) electrons. The van der Waals surface area contributed by atoms with Gasteiger partial charge in [0.2, 0.25) is 5.91 Å². The van der Waals surface area contributed by atoms with Crippen LogP contribution >= 0.6 is 0 Å². The molecule has 40 heavy (non-hydrogen) atoms. The average molecular weight is 563 g/mol. The average Bonchev–Trinajstić information content (AvgIpc) is 3.12. The van der Waals surface area contributed by atoms with Crippen LogP contribution in [0.3, 0.4) is 0 Å². The number of carbonyl (C=O) groups is 3. The number of hydrogen-bond donors (Lipinski definition) is 3. The predicted molar refractivity (Wildman–Crippen MR) is 142 cm³/mol. The lowest BCUT2D eigenvalue weighted by Crippen LogP contribution is -2.57. The molecule has 9 nitrogen and oxygen atoms in total. The topological polar surface area (TPSA) is 111 Å². The Morgan fingerprint density at radius 1 is 1.20 bits per heavy atom. The molecule has 0 spiro atoms. The smallest absolute Gasteiger partial charge is 0.414 e. The zero-order chi connectivity index (χ0) is 29.6. The van der Waals surface area contributed by atoms with Crippen molar-refractivity contribution in [2.45, 2.75) is 64.6 Å². The molecule has 0 saturated carbocycles. The zero-order valence-electron chi connectivity index (χ0n) is 23.0. The first-order valence-electron chi connectivity index (χ1n) is 13.1. The van der Waals surface area contributed by atoms with Crippen molar-refractivity contribution in [1.82, 2.24) is 10.2 Å². The van der Waals surface area contributed by atoms with Crippen LogP contribution in [0.15, 0.2) is 24.3 Å². The number of piperidine rings is 1. The molecule has 3 amide bonds. The standard InChI is InChI=1S/C28H33F3N4O5/c1-6-35(26(39)40-27(2,3)4)21-13-16(29)12-18-22(21)33-25(38)28(18,5)34-9-7-8-17(14-34)32-24(37)15-10-19(30)23(36)20(31)11-15/h10-13,17,36H,6-9,14H2,1-5H3,(H,32,37)(H,33,38)/t17-,28?/m1/s1. The van der Waals surface area contributed by atoms with Crippen molar-refractivity contribution in [1.29, 1.82) is 0 Å². The summed E-state index contributed by atoms with van der Waals surface area (Å²) in [6.07, 6.45) is 0.420. The first-order chi connectivity index (χ1) is 18.6. The largest absolute Gasteiger partial charge is 0.503 e. The van der Waals surface area contributed by atoms with E-state index >= 15 is 4.39 Å². The van der Waals surface area contributed by atoms with Crippen molar-refractivity contribution in [3.63, 3.8) is 0 Å². The number of rotatable bonds is 5. The van der Waals surface area contributed by atoms with E-state index in [1.54, 1.807) is 34.6 Å². The summed E-state index contributed by atoms with van der Waals surface area (Å²) in [7, 11) is 0. The number of likely N-dealkylation sites (tertiary alicyclic amines) is 1. The molecule has 12 heteroatoms. The second-order valence-corrected chi connectivity index (χ2v) is 11.1. The Morgan fingerprint density at radius 2 is 1.85 bits per heavy atom. The summed E-state index contributed by atoms with van der Waals surface area (Å²) in [4.78, 5) is 42.2. The number of phenols is 1. The van der Waals surface area contributed by atoms with Crippen LogP contribution in [0.1, 0.15) is 63.4 Å². The van der Waals surface area contributed by atoms with Crippen molar-refractivity contribution < 1.29 is 37.4 Å². The van der Waals surface area contributed by atoms with Crippen molar-refractivity contribution >= 4 is 29.3 Å². The number of nitrogens with zero attached hydrogens (tertiary/aromatic N) is 2. The monoisotopic (exact) mass is 562 g/mol. The van der Waals surface area contributed by atoms with Gasteiger partial charge in [-0.15, -0.1) is 0 Å². The maximum absolute atomic E-state index is 15.0. The molecule has 4 rings (SSSR count). The summed E-state index contributed by atoms with van der Waals surface area (Å²) in [5, 5.41) is 14.9. The summed E-state index contributed by atoms with van der Waals surface area (Å²) < 4.78 is 48.0. The van der Waals surface area contributed by atoms with E-state index < -0.39 is 58.3 Å². The minimum atomic E-state index is -1.33. The molecule has 2 aromatic carbocycles. The van der Waals surface area contributed by atoms with Gasteiger partial charge in [0.05, 0.1) is 11.4 Å². The van der Waals surface area contributed by atoms with Gasteiger partial charge in [-0.25, -0.2) is 18.0 Å². The van der Waals surface area contributed by atoms with Gasteiger partial charge in [0.1, 0.15) is 17.0 Å². The van der Waals surface area contributed by atoms with Crippen LogP contribution in [0, 0.1) is 17.5 Å². The number of hydrogen-bond acceptors (Lipinski definition) is 6. The third-order valence-electron chi connectivity index (χ3n) is 7.18. The zero-order valence-corrected chi connectivity index (χ0v) is 23.0. The number of aromatic hydroxyl groups is 1. The Labute approximate surface area is 230 Å². The molecule has 3 N–H and O–H groups in total. The van der Waals surface area contributed by atoms with E-state index in [-0.39, 0.29) is 24.3 Å². The van der Waals surface area contributed by atoms with E-state index in [1.807, 2.05) is 4.90 Å². The molecule has 1 saturated heterocycles. The second-order valence-electron chi connectivity index (χ2n) is 11.1. The fourth-order valence-electron chi connectivity index (χ4n) is 5.17. The Morgan fingerprint density at radius 3 is 2.45 bits per heavy atom. The first-order valence-corrected chi connectivity index (χ1v) is 13.1. The van der Waals surface area contributed by atoms with Gasteiger partial charge in [0.25, 0.3) is 5.91 Å². The predicted octanol–water partition coefficient (Wildman–Crippen LogP) is 4.63. The summed E-state index contributed by atoms with van der Waals surface area (Å²) in [5.41, 5.74) is -1.62. The second kappa shape index (κ2) is 10.6. The third-order valence-corrected chi connectivity index (χ3v) is 7.18. The number of fused-ring (bicyclic) bond motifs is 1. The molecule has 216 valence electrons. The Kier molecular flexibility index (Phi) is 7.77.